The summed E-state index contributed by atoms with van der Waals surface area (Å²) in [6.07, 6.45) is -1.56. The van der Waals surface area contributed by atoms with Crippen LogP contribution in [0.25, 0.3) is 11.3 Å². The smallest absolute Gasteiger partial charge is 0.416 e. The van der Waals surface area contributed by atoms with Crippen molar-refractivity contribution >= 4 is 15.8 Å². The quantitative estimate of drug-likeness (QED) is 0.288. The number of nitrogens with one attached hydrogen (secondary N) is 1. The SMILES string of the molecule is COc1ccc(CN(C)S(=O)(=O)c2cnc(NCc3cccc(C(F)(F)F)c3)c(-c3cn4c(n3)OC(C)C4)c2)cc1. The first-order valence-corrected chi connectivity index (χ1v) is 14.1. The fourth-order valence-electron chi connectivity index (χ4n) is 4.47. The number of nitrogens with zero attached hydrogens (tertiary/aromatic N) is 4. The Kier molecular flexibility index (Phi) is 7.66. The van der Waals surface area contributed by atoms with Crippen LogP contribution in [0.3, 0.4) is 0 Å². The summed E-state index contributed by atoms with van der Waals surface area (Å²) in [5.41, 5.74) is 1.17. The Hall–Kier alpha value is -4.10. The molecule has 0 saturated heterocycles. The molecule has 0 spiro atoms. The number of fused-ring (bicyclic) bond motifs is 1. The number of sulfonamides is 1. The molecule has 0 amide bonds. The van der Waals surface area contributed by atoms with Gasteiger partial charge in [-0.05, 0) is 48.4 Å². The average molecular weight is 588 g/mol. The number of anilines is 1. The Morgan fingerprint density at radius 3 is 2.59 bits per heavy atom. The molecular formula is C28H28F3N5O4S. The van der Waals surface area contributed by atoms with Crippen molar-refractivity contribution in [3.63, 3.8) is 0 Å². The highest BCUT2D eigenvalue weighted by atomic mass is 32.2. The van der Waals surface area contributed by atoms with E-state index in [4.69, 9.17) is 9.47 Å². The summed E-state index contributed by atoms with van der Waals surface area (Å²) in [5, 5.41) is 3.05. The van der Waals surface area contributed by atoms with Crippen molar-refractivity contribution in [3.8, 4) is 23.0 Å². The number of alkyl halides is 3. The third-order valence-corrected chi connectivity index (χ3v) is 8.39. The fourth-order valence-corrected chi connectivity index (χ4v) is 5.60. The Labute approximate surface area is 235 Å². The number of benzene rings is 2. The van der Waals surface area contributed by atoms with E-state index < -0.39 is 21.8 Å². The molecule has 1 unspecified atom stereocenters. The van der Waals surface area contributed by atoms with Gasteiger partial charge < -0.3 is 14.8 Å². The van der Waals surface area contributed by atoms with E-state index in [0.717, 1.165) is 17.7 Å². The van der Waals surface area contributed by atoms with Gasteiger partial charge in [-0.3, -0.25) is 4.57 Å². The van der Waals surface area contributed by atoms with Gasteiger partial charge in [-0.1, -0.05) is 24.3 Å². The van der Waals surface area contributed by atoms with E-state index in [-0.39, 0.29) is 29.9 Å². The molecule has 41 heavy (non-hydrogen) atoms. The molecule has 1 atom stereocenters. The molecule has 0 bridgehead atoms. The molecule has 0 radical (unpaired) electrons. The lowest BCUT2D eigenvalue weighted by Crippen LogP contribution is -2.26. The monoisotopic (exact) mass is 587 g/mol. The Morgan fingerprint density at radius 1 is 1.15 bits per heavy atom. The van der Waals surface area contributed by atoms with Crippen molar-refractivity contribution < 1.29 is 31.1 Å². The van der Waals surface area contributed by atoms with Crippen LogP contribution < -0.4 is 14.8 Å². The second-order valence-corrected chi connectivity index (χ2v) is 11.8. The second kappa shape index (κ2) is 11.1. The Bertz CT molecular complexity index is 1630. The maximum Gasteiger partial charge on any atom is 0.416 e. The van der Waals surface area contributed by atoms with E-state index in [0.29, 0.717) is 35.1 Å². The number of ether oxygens (including phenoxy) is 2. The summed E-state index contributed by atoms with van der Waals surface area (Å²) in [5.74, 6) is 0.927. The normalized spacial score (nSPS) is 15.0. The maximum atomic E-state index is 13.5. The molecule has 2 aromatic heterocycles. The molecular weight excluding hydrogens is 559 g/mol. The predicted octanol–water partition coefficient (Wildman–Crippen LogP) is 5.19. The number of methoxy groups -OCH3 is 1. The lowest BCUT2D eigenvalue weighted by molar-refractivity contribution is -0.137. The van der Waals surface area contributed by atoms with Crippen molar-refractivity contribution in [3.05, 3.63) is 83.7 Å². The zero-order chi connectivity index (χ0) is 29.4. The molecule has 1 N–H and O–H groups in total. The van der Waals surface area contributed by atoms with Crippen molar-refractivity contribution in [1.29, 1.82) is 0 Å². The van der Waals surface area contributed by atoms with Crippen LogP contribution >= 0.6 is 0 Å². The maximum absolute atomic E-state index is 13.5. The van der Waals surface area contributed by atoms with Crippen LogP contribution in [0.1, 0.15) is 23.6 Å². The van der Waals surface area contributed by atoms with Crippen LogP contribution in [-0.4, -0.2) is 47.5 Å². The Morgan fingerprint density at radius 2 is 1.90 bits per heavy atom. The molecule has 9 nitrogen and oxygen atoms in total. The zero-order valence-electron chi connectivity index (χ0n) is 22.5. The number of hydrogen-bond donors (Lipinski definition) is 1. The van der Waals surface area contributed by atoms with Crippen molar-refractivity contribution in [2.45, 2.75) is 43.7 Å². The van der Waals surface area contributed by atoms with E-state index in [1.165, 1.54) is 29.7 Å². The number of halogens is 3. The van der Waals surface area contributed by atoms with Crippen LogP contribution in [0, 0.1) is 0 Å². The minimum absolute atomic E-state index is 0.0223. The average Bonchev–Trinajstić information content (AvgIpc) is 3.49. The first kappa shape index (κ1) is 28.4. The molecule has 0 saturated carbocycles. The topological polar surface area (TPSA) is 98.6 Å². The van der Waals surface area contributed by atoms with Crippen LogP contribution in [0.15, 0.2) is 71.9 Å². The number of rotatable bonds is 9. The van der Waals surface area contributed by atoms with Gasteiger partial charge in [0.25, 0.3) is 6.01 Å². The van der Waals surface area contributed by atoms with Gasteiger partial charge >= 0.3 is 6.18 Å². The lowest BCUT2D eigenvalue weighted by Gasteiger charge is -2.19. The van der Waals surface area contributed by atoms with Gasteiger partial charge in [0.1, 0.15) is 22.6 Å². The van der Waals surface area contributed by atoms with E-state index in [1.54, 1.807) is 43.6 Å². The molecule has 5 rings (SSSR count). The highest BCUT2D eigenvalue weighted by Crippen LogP contribution is 2.34. The molecule has 13 heteroatoms. The molecule has 2 aromatic carbocycles. The molecule has 216 valence electrons. The van der Waals surface area contributed by atoms with Gasteiger partial charge in [-0.25, -0.2) is 13.4 Å². The number of hydrogen-bond acceptors (Lipinski definition) is 7. The minimum Gasteiger partial charge on any atom is -0.497 e. The first-order chi connectivity index (χ1) is 19.4. The molecule has 0 aliphatic carbocycles. The molecule has 1 aliphatic rings. The number of pyridine rings is 1. The summed E-state index contributed by atoms with van der Waals surface area (Å²) < 4.78 is 80.5. The summed E-state index contributed by atoms with van der Waals surface area (Å²) in [4.78, 5) is 8.83. The highest BCUT2D eigenvalue weighted by Gasteiger charge is 2.30. The van der Waals surface area contributed by atoms with E-state index in [2.05, 4.69) is 15.3 Å². The van der Waals surface area contributed by atoms with Gasteiger partial charge in [0.2, 0.25) is 10.0 Å². The summed E-state index contributed by atoms with van der Waals surface area (Å²) >= 11 is 0. The zero-order valence-corrected chi connectivity index (χ0v) is 23.3. The van der Waals surface area contributed by atoms with Gasteiger partial charge in [0.15, 0.2) is 0 Å². The molecule has 0 fully saturated rings. The number of aromatic nitrogens is 3. The van der Waals surface area contributed by atoms with Crippen LogP contribution in [-0.2, 0) is 35.8 Å². The minimum atomic E-state index is -4.47. The van der Waals surface area contributed by atoms with E-state index >= 15 is 0 Å². The van der Waals surface area contributed by atoms with E-state index in [9.17, 15) is 21.6 Å². The van der Waals surface area contributed by atoms with Gasteiger partial charge in [0, 0.05) is 38.1 Å². The molecule has 4 aromatic rings. The Balaban J connectivity index is 1.45. The summed E-state index contributed by atoms with van der Waals surface area (Å²) in [6, 6.07) is 13.9. The third kappa shape index (κ3) is 6.15. The van der Waals surface area contributed by atoms with Crippen molar-refractivity contribution in [2.75, 3.05) is 19.5 Å². The van der Waals surface area contributed by atoms with Gasteiger partial charge in [-0.15, -0.1) is 0 Å². The van der Waals surface area contributed by atoms with Gasteiger partial charge in [-0.2, -0.15) is 22.5 Å². The molecule has 1 aliphatic heterocycles. The van der Waals surface area contributed by atoms with Crippen molar-refractivity contribution in [2.24, 2.45) is 0 Å². The summed E-state index contributed by atoms with van der Waals surface area (Å²) in [6.45, 7) is 2.62. The van der Waals surface area contributed by atoms with E-state index in [1.807, 2.05) is 11.5 Å². The van der Waals surface area contributed by atoms with Gasteiger partial charge in [0.05, 0.1) is 24.9 Å². The van der Waals surface area contributed by atoms with Crippen LogP contribution in [0.5, 0.6) is 11.8 Å². The largest absolute Gasteiger partial charge is 0.497 e. The standard InChI is InChI=1S/C28H28F3N5O4S/c1-18-15-36-17-25(34-27(36)40-18)24-12-23(41(37,38)35(2)16-19-7-9-22(39-3)10-8-19)14-33-26(24)32-13-20-5-4-6-21(11-20)28(29,30)31/h4-12,14,17-18H,13,15-16H2,1-3H3,(H,32,33). The predicted molar refractivity (Wildman–Crippen MR) is 146 cm³/mol. The van der Waals surface area contributed by atoms with Crippen LogP contribution in [0.2, 0.25) is 0 Å². The first-order valence-electron chi connectivity index (χ1n) is 12.7. The van der Waals surface area contributed by atoms with Crippen LogP contribution in [0.4, 0.5) is 19.0 Å². The highest BCUT2D eigenvalue weighted by molar-refractivity contribution is 7.89. The summed E-state index contributed by atoms with van der Waals surface area (Å²) in [7, 11) is -0.949. The number of imidazole rings is 1. The van der Waals surface area contributed by atoms with Crippen molar-refractivity contribution in [1.82, 2.24) is 18.8 Å². The second-order valence-electron chi connectivity index (χ2n) is 9.72. The third-order valence-electron chi connectivity index (χ3n) is 6.63. The lowest BCUT2D eigenvalue weighted by atomic mass is 10.1. The molecule has 3 heterocycles. The fraction of sp³-hybridized carbons (Fsp3) is 0.286.